The van der Waals surface area contributed by atoms with E-state index < -0.39 is 10.0 Å². The van der Waals surface area contributed by atoms with E-state index in [1.807, 2.05) is 0 Å². The van der Waals surface area contributed by atoms with Gasteiger partial charge in [-0.25, -0.2) is 14.5 Å². The van der Waals surface area contributed by atoms with Crippen LogP contribution in [0, 0.1) is 0 Å². The van der Waals surface area contributed by atoms with Crippen molar-refractivity contribution in [2.24, 2.45) is 0 Å². The number of nitrogens with zero attached hydrogens (tertiary/aromatic N) is 2. The van der Waals surface area contributed by atoms with Crippen molar-refractivity contribution in [3.63, 3.8) is 0 Å². The summed E-state index contributed by atoms with van der Waals surface area (Å²) in [5, 5.41) is 0. The highest BCUT2D eigenvalue weighted by molar-refractivity contribution is 7.92. The molecule has 0 fully saturated rings. The Balaban J connectivity index is 2.29. The molecule has 7 heteroatoms. The lowest BCUT2D eigenvalue weighted by atomic mass is 10.3. The van der Waals surface area contributed by atoms with Crippen molar-refractivity contribution in [2.45, 2.75) is 4.90 Å². The molecule has 84 valence electrons. The SMILES string of the molecule is Nc1ccc(S(=O)(=O)Nn2ccnc2)cc1. The van der Waals surface area contributed by atoms with Crippen molar-refractivity contribution >= 4 is 15.7 Å². The summed E-state index contributed by atoms with van der Waals surface area (Å²) in [6.45, 7) is 0. The molecule has 0 aliphatic heterocycles. The topological polar surface area (TPSA) is 90.0 Å². The Morgan fingerprint density at radius 2 is 1.94 bits per heavy atom. The molecule has 0 aliphatic carbocycles. The number of benzene rings is 1. The third kappa shape index (κ3) is 2.14. The van der Waals surface area contributed by atoms with Crippen LogP contribution in [-0.4, -0.2) is 18.1 Å². The van der Waals surface area contributed by atoms with Gasteiger partial charge in [-0.3, -0.25) is 0 Å². The molecule has 1 aromatic carbocycles. The lowest BCUT2D eigenvalue weighted by Crippen LogP contribution is -2.21. The van der Waals surface area contributed by atoms with Crippen LogP contribution in [0.5, 0.6) is 0 Å². The zero-order valence-corrected chi connectivity index (χ0v) is 9.05. The Hall–Kier alpha value is -2.02. The van der Waals surface area contributed by atoms with Crippen molar-refractivity contribution in [1.29, 1.82) is 0 Å². The van der Waals surface area contributed by atoms with Gasteiger partial charge in [0.25, 0.3) is 10.0 Å². The van der Waals surface area contributed by atoms with E-state index in [4.69, 9.17) is 5.73 Å². The van der Waals surface area contributed by atoms with Crippen LogP contribution in [-0.2, 0) is 10.0 Å². The van der Waals surface area contributed by atoms with Crippen LogP contribution >= 0.6 is 0 Å². The minimum absolute atomic E-state index is 0.149. The number of nitrogen functional groups attached to an aromatic ring is 1. The van der Waals surface area contributed by atoms with E-state index in [2.05, 4.69) is 9.82 Å². The smallest absolute Gasteiger partial charge is 0.275 e. The fourth-order valence-corrected chi connectivity index (χ4v) is 2.14. The minimum atomic E-state index is -3.58. The molecule has 6 nitrogen and oxygen atoms in total. The number of imidazole rings is 1. The van der Waals surface area contributed by atoms with Gasteiger partial charge in [-0.1, -0.05) is 0 Å². The molecule has 0 saturated carbocycles. The van der Waals surface area contributed by atoms with Crippen LogP contribution in [0.2, 0.25) is 0 Å². The minimum Gasteiger partial charge on any atom is -0.399 e. The van der Waals surface area contributed by atoms with Crippen LogP contribution in [0.4, 0.5) is 5.69 Å². The molecule has 0 amide bonds. The fraction of sp³-hybridized carbons (Fsp3) is 0. The molecule has 2 aromatic rings. The summed E-state index contributed by atoms with van der Waals surface area (Å²) in [7, 11) is -3.58. The number of hydrogen-bond donors (Lipinski definition) is 2. The lowest BCUT2D eigenvalue weighted by Gasteiger charge is -2.07. The number of hydrogen-bond acceptors (Lipinski definition) is 4. The maximum Gasteiger partial charge on any atom is 0.275 e. The van der Waals surface area contributed by atoms with Gasteiger partial charge in [0.2, 0.25) is 0 Å². The van der Waals surface area contributed by atoms with Gasteiger partial charge in [-0.2, -0.15) is 8.42 Å². The lowest BCUT2D eigenvalue weighted by molar-refractivity contribution is 0.595. The molecule has 1 heterocycles. The molecule has 0 saturated heterocycles. The van der Waals surface area contributed by atoms with Gasteiger partial charge in [0, 0.05) is 18.1 Å². The average molecular weight is 238 g/mol. The summed E-state index contributed by atoms with van der Waals surface area (Å²) in [4.78, 5) is 6.20. The first kappa shape index (κ1) is 10.5. The highest BCUT2D eigenvalue weighted by Gasteiger charge is 2.13. The molecule has 0 spiro atoms. The highest BCUT2D eigenvalue weighted by Crippen LogP contribution is 2.11. The van der Waals surface area contributed by atoms with Crippen molar-refractivity contribution in [2.75, 3.05) is 10.6 Å². The van der Waals surface area contributed by atoms with Crippen LogP contribution < -0.4 is 10.6 Å². The van der Waals surface area contributed by atoms with Crippen molar-refractivity contribution < 1.29 is 8.42 Å². The van der Waals surface area contributed by atoms with Gasteiger partial charge in [0.15, 0.2) is 0 Å². The molecule has 16 heavy (non-hydrogen) atoms. The first-order valence-corrected chi connectivity index (χ1v) is 5.92. The molecule has 0 atom stereocenters. The summed E-state index contributed by atoms with van der Waals surface area (Å²) < 4.78 is 24.9. The molecule has 0 unspecified atom stereocenters. The van der Waals surface area contributed by atoms with Gasteiger partial charge in [-0.05, 0) is 24.3 Å². The number of rotatable bonds is 3. The Morgan fingerprint density at radius 1 is 1.25 bits per heavy atom. The van der Waals surface area contributed by atoms with Crippen molar-refractivity contribution in [1.82, 2.24) is 9.66 Å². The van der Waals surface area contributed by atoms with Gasteiger partial charge >= 0.3 is 0 Å². The van der Waals surface area contributed by atoms with Crippen LogP contribution in [0.25, 0.3) is 0 Å². The van der Waals surface area contributed by atoms with Gasteiger partial charge in [0.05, 0.1) is 4.90 Å². The zero-order valence-electron chi connectivity index (χ0n) is 8.24. The highest BCUT2D eigenvalue weighted by atomic mass is 32.2. The summed E-state index contributed by atoms with van der Waals surface area (Å²) in [6.07, 6.45) is 4.33. The average Bonchev–Trinajstić information content (AvgIpc) is 2.70. The number of sulfonamides is 1. The fourth-order valence-electron chi connectivity index (χ4n) is 1.15. The second-order valence-corrected chi connectivity index (χ2v) is 4.79. The van der Waals surface area contributed by atoms with E-state index in [1.54, 1.807) is 0 Å². The zero-order chi connectivity index (χ0) is 11.6. The van der Waals surface area contributed by atoms with E-state index in [-0.39, 0.29) is 4.90 Å². The number of nitrogens with one attached hydrogen (secondary N) is 1. The number of nitrogens with two attached hydrogens (primary N) is 1. The summed E-state index contributed by atoms with van der Waals surface area (Å²) in [5.74, 6) is 0. The predicted octanol–water partition coefficient (Wildman–Crippen LogP) is 0.398. The van der Waals surface area contributed by atoms with Gasteiger partial charge < -0.3 is 5.73 Å². The van der Waals surface area contributed by atoms with Crippen LogP contribution in [0.1, 0.15) is 0 Å². The monoisotopic (exact) mass is 238 g/mol. The molecule has 2 rings (SSSR count). The Labute approximate surface area is 92.7 Å². The van der Waals surface area contributed by atoms with E-state index in [0.717, 1.165) is 0 Å². The summed E-state index contributed by atoms with van der Waals surface area (Å²) in [6, 6.07) is 5.94. The van der Waals surface area contributed by atoms with E-state index in [9.17, 15) is 8.42 Å². The van der Waals surface area contributed by atoms with Crippen molar-refractivity contribution in [3.05, 3.63) is 43.0 Å². The Kier molecular flexibility index (Phi) is 2.53. The van der Waals surface area contributed by atoms with Gasteiger partial charge in [0.1, 0.15) is 6.33 Å². The molecule has 3 N–H and O–H groups in total. The molecule has 0 bridgehead atoms. The molecule has 0 radical (unpaired) electrons. The third-order valence-corrected chi connectivity index (χ3v) is 3.26. The third-order valence-electron chi connectivity index (χ3n) is 1.92. The van der Waals surface area contributed by atoms with E-state index in [0.29, 0.717) is 5.69 Å². The maximum atomic E-state index is 11.8. The van der Waals surface area contributed by atoms with Crippen LogP contribution in [0.15, 0.2) is 47.9 Å². The number of anilines is 1. The first-order chi connectivity index (χ1) is 7.58. The Morgan fingerprint density at radius 3 is 2.50 bits per heavy atom. The first-order valence-electron chi connectivity index (χ1n) is 4.44. The Bertz CT molecular complexity index is 560. The normalized spacial score (nSPS) is 11.2. The van der Waals surface area contributed by atoms with Gasteiger partial charge in [-0.15, -0.1) is 0 Å². The quantitative estimate of drug-likeness (QED) is 0.757. The second-order valence-electron chi connectivity index (χ2n) is 3.13. The molecule has 0 aliphatic rings. The van der Waals surface area contributed by atoms with Crippen LogP contribution in [0.3, 0.4) is 0 Å². The second kappa shape index (κ2) is 3.86. The predicted molar refractivity (Wildman–Crippen MR) is 59.6 cm³/mol. The molecule has 1 aromatic heterocycles. The molecular formula is C9H10N4O2S. The summed E-state index contributed by atoms with van der Waals surface area (Å²) >= 11 is 0. The van der Waals surface area contributed by atoms with E-state index in [1.165, 1.54) is 47.7 Å². The number of aromatic nitrogens is 2. The van der Waals surface area contributed by atoms with E-state index >= 15 is 0 Å². The standard InChI is InChI=1S/C9H10N4O2S/c10-8-1-3-9(4-2-8)16(14,15)12-13-6-5-11-7-13/h1-7,12H,10H2. The molecular weight excluding hydrogens is 228 g/mol. The summed E-state index contributed by atoms with van der Waals surface area (Å²) in [5.41, 5.74) is 5.99. The maximum absolute atomic E-state index is 11.8. The largest absolute Gasteiger partial charge is 0.399 e. The van der Waals surface area contributed by atoms with Crippen molar-refractivity contribution in [3.8, 4) is 0 Å².